The molecule has 0 amide bonds. The fourth-order valence-electron chi connectivity index (χ4n) is 3.98. The molecule has 132 valence electrons. The minimum Gasteiger partial charge on any atom is -0.229 e. The predicted molar refractivity (Wildman–Crippen MR) is 107 cm³/mol. The smallest absolute Gasteiger partial charge is 0.229 e. The van der Waals surface area contributed by atoms with E-state index in [0.29, 0.717) is 17.8 Å². The highest BCUT2D eigenvalue weighted by Gasteiger charge is 2.30. The zero-order valence-electron chi connectivity index (χ0n) is 16.7. The topological polar surface area (TPSA) is 8.81 Å². The summed E-state index contributed by atoms with van der Waals surface area (Å²) in [5, 5.41) is 0. The molecule has 2 nitrogen and oxygen atoms in total. The molecular formula is C23H31N2+. The van der Waals surface area contributed by atoms with Crippen LogP contribution >= 0.6 is 0 Å². The summed E-state index contributed by atoms with van der Waals surface area (Å²) in [6, 6.07) is 15.6. The van der Waals surface area contributed by atoms with E-state index in [1.807, 2.05) is 0 Å². The number of aryl methyl sites for hydroxylation is 1. The quantitative estimate of drug-likeness (QED) is 0.531. The summed E-state index contributed by atoms with van der Waals surface area (Å²) in [7, 11) is 2.20. The lowest BCUT2D eigenvalue weighted by Gasteiger charge is -2.18. The monoisotopic (exact) mass is 335 g/mol. The second kappa shape index (κ2) is 6.67. The number of imidazole rings is 1. The van der Waals surface area contributed by atoms with Crippen LogP contribution in [0.15, 0.2) is 42.5 Å². The van der Waals surface area contributed by atoms with Gasteiger partial charge in [-0.25, -0.2) is 4.57 Å². The standard InChI is InChI=1S/C23H31N2/c1-15(2)18-11-10-12-19(16(3)4)22(18)25-21-14-9-8-13-20(21)24(7)23(25)17(5)6/h8-17H,1-7H3/q+1. The highest BCUT2D eigenvalue weighted by atomic mass is 15.2. The van der Waals surface area contributed by atoms with Crippen LogP contribution in [0.4, 0.5) is 0 Å². The first-order valence-corrected chi connectivity index (χ1v) is 9.47. The van der Waals surface area contributed by atoms with Crippen LogP contribution in [0.3, 0.4) is 0 Å². The Morgan fingerprint density at radius 1 is 0.720 bits per heavy atom. The maximum Gasteiger partial charge on any atom is 0.265 e. The minimum atomic E-state index is 0.442. The molecule has 0 aliphatic rings. The summed E-state index contributed by atoms with van der Waals surface area (Å²) >= 11 is 0. The molecule has 0 saturated carbocycles. The van der Waals surface area contributed by atoms with E-state index in [0.717, 1.165) is 0 Å². The van der Waals surface area contributed by atoms with Gasteiger partial charge in [0.05, 0.1) is 13.0 Å². The van der Waals surface area contributed by atoms with Gasteiger partial charge in [-0.2, -0.15) is 4.57 Å². The van der Waals surface area contributed by atoms with E-state index >= 15 is 0 Å². The summed E-state index contributed by atoms with van der Waals surface area (Å²) in [4.78, 5) is 0. The molecule has 1 heterocycles. The summed E-state index contributed by atoms with van der Waals surface area (Å²) in [5.74, 6) is 2.77. The molecule has 0 fully saturated rings. The Kier molecular flexibility index (Phi) is 4.73. The Morgan fingerprint density at radius 2 is 1.28 bits per heavy atom. The van der Waals surface area contributed by atoms with Crippen LogP contribution in [-0.2, 0) is 7.05 Å². The largest absolute Gasteiger partial charge is 0.265 e. The second-order valence-corrected chi connectivity index (χ2v) is 7.99. The van der Waals surface area contributed by atoms with Crippen molar-refractivity contribution in [3.05, 3.63) is 59.4 Å². The normalized spacial score (nSPS) is 12.1. The highest BCUT2D eigenvalue weighted by Crippen LogP contribution is 2.35. The van der Waals surface area contributed by atoms with Crippen molar-refractivity contribution in [2.75, 3.05) is 0 Å². The molecule has 0 atom stereocenters. The first kappa shape index (κ1) is 17.7. The van der Waals surface area contributed by atoms with Crippen molar-refractivity contribution in [2.24, 2.45) is 7.05 Å². The molecule has 0 bridgehead atoms. The summed E-state index contributed by atoms with van der Waals surface area (Å²) in [6.07, 6.45) is 0. The first-order chi connectivity index (χ1) is 11.8. The molecular weight excluding hydrogens is 304 g/mol. The van der Waals surface area contributed by atoms with Crippen LogP contribution in [0.25, 0.3) is 16.7 Å². The molecule has 2 aromatic carbocycles. The molecule has 0 unspecified atom stereocenters. The van der Waals surface area contributed by atoms with Gasteiger partial charge in [0, 0.05) is 11.1 Å². The average Bonchev–Trinajstić information content (AvgIpc) is 2.87. The summed E-state index contributed by atoms with van der Waals surface area (Å²) in [5.41, 5.74) is 6.82. The molecule has 1 aromatic heterocycles. The molecule has 0 radical (unpaired) electrons. The fraction of sp³-hybridized carbons (Fsp3) is 0.435. The third-order valence-corrected chi connectivity index (χ3v) is 5.14. The van der Waals surface area contributed by atoms with Crippen molar-refractivity contribution in [3.63, 3.8) is 0 Å². The van der Waals surface area contributed by atoms with Crippen molar-refractivity contribution < 1.29 is 4.57 Å². The number of rotatable bonds is 4. The van der Waals surface area contributed by atoms with E-state index in [-0.39, 0.29) is 0 Å². The fourth-order valence-corrected chi connectivity index (χ4v) is 3.98. The van der Waals surface area contributed by atoms with Crippen molar-refractivity contribution in [3.8, 4) is 5.69 Å². The molecule has 25 heavy (non-hydrogen) atoms. The first-order valence-electron chi connectivity index (χ1n) is 9.47. The molecule has 0 spiro atoms. The number of para-hydroxylation sites is 3. The molecule has 0 aliphatic carbocycles. The highest BCUT2D eigenvalue weighted by molar-refractivity contribution is 5.76. The maximum absolute atomic E-state index is 2.52. The minimum absolute atomic E-state index is 0.442. The molecule has 0 aliphatic heterocycles. The van der Waals surface area contributed by atoms with Gasteiger partial charge in [0.2, 0.25) is 0 Å². The van der Waals surface area contributed by atoms with Gasteiger partial charge in [-0.05, 0) is 24.0 Å². The molecule has 3 rings (SSSR count). The number of hydrogen-bond donors (Lipinski definition) is 0. The van der Waals surface area contributed by atoms with Crippen molar-refractivity contribution >= 4 is 11.0 Å². The number of hydrogen-bond acceptors (Lipinski definition) is 0. The Bertz CT molecular complexity index is 872. The van der Waals surface area contributed by atoms with Crippen LogP contribution in [0.1, 0.15) is 76.2 Å². The predicted octanol–water partition coefficient (Wildman–Crippen LogP) is 5.83. The lowest BCUT2D eigenvalue weighted by atomic mass is 9.92. The Morgan fingerprint density at radius 3 is 1.80 bits per heavy atom. The van der Waals surface area contributed by atoms with Crippen LogP contribution in [0.2, 0.25) is 0 Å². The van der Waals surface area contributed by atoms with Crippen molar-refractivity contribution in [1.82, 2.24) is 4.57 Å². The lowest BCUT2D eigenvalue weighted by molar-refractivity contribution is -0.654. The maximum atomic E-state index is 2.52. The number of aromatic nitrogens is 2. The second-order valence-electron chi connectivity index (χ2n) is 7.99. The van der Waals surface area contributed by atoms with Gasteiger partial charge < -0.3 is 0 Å². The zero-order chi connectivity index (χ0) is 18.3. The third kappa shape index (κ3) is 2.88. The van der Waals surface area contributed by atoms with Gasteiger partial charge in [0.1, 0.15) is 5.69 Å². The molecule has 0 N–H and O–H groups in total. The van der Waals surface area contributed by atoms with E-state index < -0.39 is 0 Å². The van der Waals surface area contributed by atoms with Crippen LogP contribution < -0.4 is 4.57 Å². The van der Waals surface area contributed by atoms with Crippen molar-refractivity contribution in [2.45, 2.75) is 59.3 Å². The van der Waals surface area contributed by atoms with Gasteiger partial charge in [-0.15, -0.1) is 0 Å². The van der Waals surface area contributed by atoms with E-state index in [4.69, 9.17) is 0 Å². The van der Waals surface area contributed by atoms with Gasteiger partial charge in [-0.3, -0.25) is 0 Å². The van der Waals surface area contributed by atoms with Crippen LogP contribution in [0.5, 0.6) is 0 Å². The number of fused-ring (bicyclic) bond motifs is 1. The molecule has 2 heteroatoms. The van der Waals surface area contributed by atoms with E-state index in [1.54, 1.807) is 0 Å². The van der Waals surface area contributed by atoms with Crippen molar-refractivity contribution in [1.29, 1.82) is 0 Å². The van der Waals surface area contributed by atoms with Gasteiger partial charge in [0.15, 0.2) is 11.0 Å². The Labute approximate surface area is 152 Å². The molecule has 3 aromatic rings. The van der Waals surface area contributed by atoms with Gasteiger partial charge in [-0.1, -0.05) is 71.9 Å². The lowest BCUT2D eigenvalue weighted by Crippen LogP contribution is -2.34. The average molecular weight is 336 g/mol. The zero-order valence-corrected chi connectivity index (χ0v) is 16.7. The summed E-state index contributed by atoms with van der Waals surface area (Å²) in [6.45, 7) is 13.8. The third-order valence-electron chi connectivity index (χ3n) is 5.14. The number of benzene rings is 2. The van der Waals surface area contributed by atoms with Gasteiger partial charge >= 0.3 is 0 Å². The Hall–Kier alpha value is -2.09. The van der Waals surface area contributed by atoms with E-state index in [9.17, 15) is 0 Å². The van der Waals surface area contributed by atoms with Crippen LogP contribution in [-0.4, -0.2) is 4.57 Å². The molecule has 0 saturated heterocycles. The SMILES string of the molecule is CC(C)c1cccc(C(C)C)c1-n1c(C(C)C)[n+](C)c2ccccc21. The number of nitrogens with zero attached hydrogens (tertiary/aromatic N) is 2. The summed E-state index contributed by atoms with van der Waals surface area (Å²) < 4.78 is 4.88. The van der Waals surface area contributed by atoms with Gasteiger partial charge in [0.25, 0.3) is 5.82 Å². The van der Waals surface area contributed by atoms with E-state index in [1.165, 1.54) is 33.7 Å². The van der Waals surface area contributed by atoms with E-state index in [2.05, 4.69) is 100 Å². The Balaban J connectivity index is 2.51. The van der Waals surface area contributed by atoms with Crippen LogP contribution in [0, 0.1) is 0 Å².